The molecule has 1 aromatic heterocycles. The Kier molecular flexibility index (Phi) is 5.54. The number of amides is 2. The van der Waals surface area contributed by atoms with Crippen molar-refractivity contribution in [1.29, 1.82) is 0 Å². The number of nitrogens with one attached hydrogen (secondary N) is 2. The van der Waals surface area contributed by atoms with Crippen LogP contribution in [0.1, 0.15) is 12.8 Å². The monoisotopic (exact) mass is 338 g/mol. The van der Waals surface area contributed by atoms with E-state index in [-0.39, 0.29) is 19.0 Å². The molecule has 0 atom stereocenters. The van der Waals surface area contributed by atoms with Gasteiger partial charge in [-0.15, -0.1) is 5.10 Å². The molecule has 0 spiro atoms. The Morgan fingerprint density at radius 2 is 1.67 bits per heavy atom. The van der Waals surface area contributed by atoms with Crippen molar-refractivity contribution < 1.29 is 14.3 Å². The zero-order valence-corrected chi connectivity index (χ0v) is 13.5. The second kappa shape index (κ2) is 8.02. The summed E-state index contributed by atoms with van der Waals surface area (Å²) in [6.45, 7) is 4.62. The van der Waals surface area contributed by atoms with Crippen LogP contribution in [0.2, 0.25) is 0 Å². The van der Waals surface area contributed by atoms with E-state index >= 15 is 0 Å². The molecule has 11 nitrogen and oxygen atoms in total. The fraction of sp³-hybridized carbons (Fsp3) is 0.769. The van der Waals surface area contributed by atoms with Crippen LogP contribution in [-0.4, -0.2) is 82.9 Å². The molecule has 24 heavy (non-hydrogen) atoms. The molecule has 2 aliphatic heterocycles. The Morgan fingerprint density at radius 1 is 1.00 bits per heavy atom. The van der Waals surface area contributed by atoms with Crippen molar-refractivity contribution in [3.63, 3.8) is 0 Å². The van der Waals surface area contributed by atoms with Crippen LogP contribution in [-0.2, 0) is 20.9 Å². The van der Waals surface area contributed by atoms with Crippen molar-refractivity contribution >= 4 is 17.8 Å². The van der Waals surface area contributed by atoms with Crippen molar-refractivity contribution in [2.24, 2.45) is 0 Å². The minimum Gasteiger partial charge on any atom is -0.379 e. The molecule has 3 heterocycles. The van der Waals surface area contributed by atoms with Gasteiger partial charge in [0.1, 0.15) is 6.54 Å². The predicted molar refractivity (Wildman–Crippen MR) is 82.8 cm³/mol. The number of carbonyl (C=O) groups is 2. The number of hydrazine groups is 1. The third-order valence-electron chi connectivity index (χ3n) is 3.93. The first-order valence-corrected chi connectivity index (χ1v) is 8.11. The minimum atomic E-state index is -0.407. The summed E-state index contributed by atoms with van der Waals surface area (Å²) in [5.41, 5.74) is 4.75. The lowest BCUT2D eigenvalue weighted by atomic mass is 10.4. The SMILES string of the molecule is O=C(CN1CCOCC1)NNC(=O)Cn1nnc(N2CCCC2)n1. The standard InChI is InChI=1S/C13H22N8O3/c22-11(9-19-5-7-24-8-6-19)14-15-12(23)10-21-17-13(16-18-21)20-3-1-2-4-20/h1-10H2,(H,14,22)(H,15,23). The molecule has 0 bridgehead atoms. The van der Waals surface area contributed by atoms with Crippen LogP contribution in [0.4, 0.5) is 5.95 Å². The van der Waals surface area contributed by atoms with Gasteiger partial charge in [-0.3, -0.25) is 25.3 Å². The molecule has 132 valence electrons. The molecule has 0 radical (unpaired) electrons. The van der Waals surface area contributed by atoms with E-state index in [0.717, 1.165) is 25.9 Å². The average molecular weight is 338 g/mol. The van der Waals surface area contributed by atoms with Gasteiger partial charge in [-0.1, -0.05) is 5.10 Å². The van der Waals surface area contributed by atoms with Crippen LogP contribution in [0.3, 0.4) is 0 Å². The molecule has 2 N–H and O–H groups in total. The molecule has 0 saturated carbocycles. The Balaban J connectivity index is 1.38. The highest BCUT2D eigenvalue weighted by molar-refractivity contribution is 5.82. The molecular weight excluding hydrogens is 316 g/mol. The summed E-state index contributed by atoms with van der Waals surface area (Å²) >= 11 is 0. The number of nitrogens with zero attached hydrogens (tertiary/aromatic N) is 6. The van der Waals surface area contributed by atoms with Gasteiger partial charge >= 0.3 is 0 Å². The van der Waals surface area contributed by atoms with Gasteiger partial charge in [0.2, 0.25) is 0 Å². The van der Waals surface area contributed by atoms with Crippen molar-refractivity contribution in [2.75, 3.05) is 50.8 Å². The summed E-state index contributed by atoms with van der Waals surface area (Å²) in [7, 11) is 0. The maximum Gasteiger partial charge on any atom is 0.266 e. The molecule has 3 rings (SSSR count). The fourth-order valence-corrected chi connectivity index (χ4v) is 2.65. The molecule has 2 saturated heterocycles. The van der Waals surface area contributed by atoms with Crippen molar-refractivity contribution in [3.05, 3.63) is 0 Å². The van der Waals surface area contributed by atoms with Crippen LogP contribution >= 0.6 is 0 Å². The summed E-state index contributed by atoms with van der Waals surface area (Å²) in [6, 6.07) is 0. The summed E-state index contributed by atoms with van der Waals surface area (Å²) < 4.78 is 5.22. The van der Waals surface area contributed by atoms with E-state index in [4.69, 9.17) is 4.74 Å². The van der Waals surface area contributed by atoms with Gasteiger partial charge in [-0.05, 0) is 18.1 Å². The first-order chi connectivity index (χ1) is 11.7. The van der Waals surface area contributed by atoms with Gasteiger partial charge in [0.15, 0.2) is 0 Å². The van der Waals surface area contributed by atoms with Gasteiger partial charge in [0.25, 0.3) is 17.8 Å². The number of rotatable bonds is 5. The zero-order valence-electron chi connectivity index (χ0n) is 13.5. The second-order valence-corrected chi connectivity index (χ2v) is 5.80. The Bertz CT molecular complexity index is 565. The molecule has 11 heteroatoms. The Morgan fingerprint density at radius 3 is 2.38 bits per heavy atom. The predicted octanol–water partition coefficient (Wildman–Crippen LogP) is -2.25. The topological polar surface area (TPSA) is 118 Å². The first kappa shape index (κ1) is 16.6. The minimum absolute atomic E-state index is 0.0985. The fourth-order valence-electron chi connectivity index (χ4n) is 2.65. The van der Waals surface area contributed by atoms with Gasteiger partial charge in [-0.2, -0.15) is 4.80 Å². The molecule has 0 unspecified atom stereocenters. The van der Waals surface area contributed by atoms with Crippen molar-refractivity contribution in [2.45, 2.75) is 19.4 Å². The first-order valence-electron chi connectivity index (χ1n) is 8.11. The van der Waals surface area contributed by atoms with Gasteiger partial charge in [-0.25, -0.2) is 0 Å². The van der Waals surface area contributed by atoms with Gasteiger partial charge < -0.3 is 9.64 Å². The van der Waals surface area contributed by atoms with Gasteiger partial charge in [0, 0.05) is 26.2 Å². The molecule has 2 amide bonds. The number of carbonyl (C=O) groups excluding carboxylic acids is 2. The lowest BCUT2D eigenvalue weighted by Crippen LogP contribution is -2.49. The normalized spacial score (nSPS) is 18.6. The quantitative estimate of drug-likeness (QED) is 0.578. The lowest BCUT2D eigenvalue weighted by Gasteiger charge is -2.25. The molecule has 2 fully saturated rings. The number of hydrogen-bond donors (Lipinski definition) is 2. The zero-order chi connectivity index (χ0) is 16.8. The number of tetrazole rings is 1. The summed E-state index contributed by atoms with van der Waals surface area (Å²) in [5, 5.41) is 12.0. The van der Waals surface area contributed by atoms with Crippen LogP contribution < -0.4 is 15.8 Å². The smallest absolute Gasteiger partial charge is 0.266 e. The highest BCUT2D eigenvalue weighted by atomic mass is 16.5. The van der Waals surface area contributed by atoms with E-state index < -0.39 is 5.91 Å². The maximum atomic E-state index is 11.8. The number of hydrogen-bond acceptors (Lipinski definition) is 8. The van der Waals surface area contributed by atoms with E-state index in [0.29, 0.717) is 32.3 Å². The Labute approximate surface area is 139 Å². The number of aromatic nitrogens is 4. The second-order valence-electron chi connectivity index (χ2n) is 5.80. The average Bonchev–Trinajstić information content (AvgIpc) is 3.25. The number of anilines is 1. The van der Waals surface area contributed by atoms with E-state index in [9.17, 15) is 9.59 Å². The highest BCUT2D eigenvalue weighted by Crippen LogP contribution is 2.13. The van der Waals surface area contributed by atoms with Crippen molar-refractivity contribution in [1.82, 2.24) is 36.0 Å². The van der Waals surface area contributed by atoms with Crippen LogP contribution in [0.5, 0.6) is 0 Å². The van der Waals surface area contributed by atoms with Crippen molar-refractivity contribution in [3.8, 4) is 0 Å². The number of ether oxygens (including phenoxy) is 1. The summed E-state index contributed by atoms with van der Waals surface area (Å²) in [5.74, 6) is -0.137. The highest BCUT2D eigenvalue weighted by Gasteiger charge is 2.18. The third-order valence-corrected chi connectivity index (χ3v) is 3.93. The number of morpholine rings is 1. The molecule has 0 aromatic carbocycles. The molecular formula is C13H22N8O3. The molecule has 1 aromatic rings. The van der Waals surface area contributed by atoms with E-state index in [1.165, 1.54) is 4.80 Å². The van der Waals surface area contributed by atoms with E-state index in [1.807, 2.05) is 9.80 Å². The summed E-state index contributed by atoms with van der Waals surface area (Å²) in [6.07, 6.45) is 2.23. The maximum absolute atomic E-state index is 11.8. The summed E-state index contributed by atoms with van der Waals surface area (Å²) in [4.78, 5) is 28.8. The molecule has 2 aliphatic rings. The third kappa shape index (κ3) is 4.61. The van der Waals surface area contributed by atoms with Crippen LogP contribution in [0.25, 0.3) is 0 Å². The van der Waals surface area contributed by atoms with Gasteiger partial charge in [0.05, 0.1) is 19.8 Å². The van der Waals surface area contributed by atoms with E-state index in [2.05, 4.69) is 26.3 Å². The van der Waals surface area contributed by atoms with Crippen LogP contribution in [0, 0.1) is 0 Å². The molecule has 0 aliphatic carbocycles. The van der Waals surface area contributed by atoms with E-state index in [1.54, 1.807) is 0 Å². The van der Waals surface area contributed by atoms with Crippen LogP contribution in [0.15, 0.2) is 0 Å². The largest absolute Gasteiger partial charge is 0.379 e. The Hall–Kier alpha value is -2.27. The lowest BCUT2D eigenvalue weighted by molar-refractivity contribution is -0.130.